The molecular formula is C20H25NO3. The van der Waals surface area contributed by atoms with E-state index in [1.54, 1.807) is 4.90 Å². The average molecular weight is 327 g/mol. The van der Waals surface area contributed by atoms with E-state index >= 15 is 0 Å². The lowest BCUT2D eigenvalue weighted by molar-refractivity contribution is -0.101. The molecule has 24 heavy (non-hydrogen) atoms. The zero-order valence-electron chi connectivity index (χ0n) is 14.2. The highest BCUT2D eigenvalue weighted by Crippen LogP contribution is 2.41. The summed E-state index contributed by atoms with van der Waals surface area (Å²) in [7, 11) is 0. The summed E-state index contributed by atoms with van der Waals surface area (Å²) in [6.07, 6.45) is 7.16. The molecule has 2 aliphatic heterocycles. The lowest BCUT2D eigenvalue weighted by Crippen LogP contribution is -2.38. The Morgan fingerprint density at radius 2 is 2.17 bits per heavy atom. The van der Waals surface area contributed by atoms with E-state index in [9.17, 15) is 4.79 Å². The van der Waals surface area contributed by atoms with E-state index in [1.165, 1.54) is 11.1 Å². The minimum atomic E-state index is -0.296. The first-order chi connectivity index (χ1) is 11.6. The fraction of sp³-hybridized carbons (Fsp3) is 0.450. The zero-order chi connectivity index (χ0) is 17.0. The Kier molecular flexibility index (Phi) is 5.05. The molecule has 1 amide bonds. The van der Waals surface area contributed by atoms with Crippen LogP contribution in [-0.2, 0) is 15.1 Å². The van der Waals surface area contributed by atoms with Crippen LogP contribution < -0.4 is 0 Å². The summed E-state index contributed by atoms with van der Waals surface area (Å²) in [5.74, 6) is 0. The van der Waals surface area contributed by atoms with Crippen molar-refractivity contribution in [1.82, 2.24) is 4.90 Å². The first-order valence-corrected chi connectivity index (χ1v) is 8.60. The van der Waals surface area contributed by atoms with Crippen LogP contribution in [0.3, 0.4) is 0 Å². The third-order valence-electron chi connectivity index (χ3n) is 4.84. The second-order valence-corrected chi connectivity index (χ2v) is 6.58. The highest BCUT2D eigenvalue weighted by Gasteiger charge is 2.37. The number of cyclic esters (lactones) is 1. The minimum absolute atomic E-state index is 0.00430. The van der Waals surface area contributed by atoms with Crippen LogP contribution in [0.25, 0.3) is 0 Å². The van der Waals surface area contributed by atoms with Crippen molar-refractivity contribution in [2.24, 2.45) is 0 Å². The molecular weight excluding hydrogens is 302 g/mol. The Hall–Kier alpha value is -2.07. The van der Waals surface area contributed by atoms with Crippen LogP contribution in [0.5, 0.6) is 0 Å². The van der Waals surface area contributed by atoms with Gasteiger partial charge in [0.25, 0.3) is 0 Å². The molecule has 0 saturated carbocycles. The summed E-state index contributed by atoms with van der Waals surface area (Å²) in [4.78, 5) is 13.4. The normalized spacial score (nSPS) is 28.9. The van der Waals surface area contributed by atoms with E-state index in [0.29, 0.717) is 13.2 Å². The maximum absolute atomic E-state index is 11.7. The quantitative estimate of drug-likeness (QED) is 0.753. The highest BCUT2D eigenvalue weighted by molar-refractivity contribution is 5.70. The molecule has 4 nitrogen and oxygen atoms in total. The first kappa shape index (κ1) is 16.8. The molecule has 3 rings (SSSR count). The summed E-state index contributed by atoms with van der Waals surface area (Å²) in [5, 5.41) is 0. The van der Waals surface area contributed by atoms with Gasteiger partial charge in [-0.15, -0.1) is 6.58 Å². The number of allylic oxidation sites excluding steroid dienone is 1. The van der Waals surface area contributed by atoms with Crippen LogP contribution in [0.1, 0.15) is 38.2 Å². The molecule has 2 aliphatic rings. The number of benzene rings is 1. The predicted molar refractivity (Wildman–Crippen MR) is 93.5 cm³/mol. The summed E-state index contributed by atoms with van der Waals surface area (Å²) in [5.41, 5.74) is 2.08. The van der Waals surface area contributed by atoms with Crippen LogP contribution in [-0.4, -0.2) is 30.2 Å². The second kappa shape index (κ2) is 7.22. The molecule has 0 unspecified atom stereocenters. The van der Waals surface area contributed by atoms with Gasteiger partial charge in [-0.1, -0.05) is 36.4 Å². The molecule has 128 valence electrons. The molecule has 2 atom stereocenters. The predicted octanol–water partition coefficient (Wildman–Crippen LogP) is 4.38. The number of amides is 1. The average Bonchev–Trinajstić information content (AvgIpc) is 3.01. The van der Waals surface area contributed by atoms with Gasteiger partial charge in [0, 0.05) is 6.20 Å². The Balaban J connectivity index is 1.81. The molecule has 0 bridgehead atoms. The Labute approximate surface area is 143 Å². The third kappa shape index (κ3) is 3.54. The number of rotatable bonds is 5. The van der Waals surface area contributed by atoms with Crippen LogP contribution in [0, 0.1) is 0 Å². The molecule has 0 aromatic heterocycles. The number of hydrogen-bond acceptors (Lipinski definition) is 3. The van der Waals surface area contributed by atoms with Crippen LogP contribution >= 0.6 is 0 Å². The molecule has 2 saturated heterocycles. The van der Waals surface area contributed by atoms with Crippen molar-refractivity contribution in [3.63, 3.8) is 0 Å². The Morgan fingerprint density at radius 3 is 2.83 bits per heavy atom. The fourth-order valence-corrected chi connectivity index (χ4v) is 3.38. The van der Waals surface area contributed by atoms with Crippen molar-refractivity contribution in [3.8, 4) is 0 Å². The van der Waals surface area contributed by atoms with Gasteiger partial charge in [0.05, 0.1) is 18.2 Å². The van der Waals surface area contributed by atoms with Gasteiger partial charge >= 0.3 is 6.09 Å². The maximum atomic E-state index is 11.7. The van der Waals surface area contributed by atoms with Crippen molar-refractivity contribution in [3.05, 3.63) is 60.3 Å². The minimum Gasteiger partial charge on any atom is -0.447 e. The topological polar surface area (TPSA) is 38.8 Å². The van der Waals surface area contributed by atoms with Gasteiger partial charge in [0.1, 0.15) is 6.61 Å². The van der Waals surface area contributed by atoms with Gasteiger partial charge in [0.2, 0.25) is 0 Å². The van der Waals surface area contributed by atoms with Crippen molar-refractivity contribution in [2.45, 2.75) is 44.3 Å². The highest BCUT2D eigenvalue weighted by atomic mass is 16.6. The number of nitrogens with zero attached hydrogens (tertiary/aromatic N) is 1. The summed E-state index contributed by atoms with van der Waals surface area (Å²) in [6, 6.07) is 10.4. The lowest BCUT2D eigenvalue weighted by atomic mass is 9.84. The van der Waals surface area contributed by atoms with E-state index in [2.05, 4.69) is 25.6 Å². The van der Waals surface area contributed by atoms with E-state index in [4.69, 9.17) is 9.47 Å². The number of carbonyl (C=O) groups is 1. The zero-order valence-corrected chi connectivity index (χ0v) is 14.2. The van der Waals surface area contributed by atoms with Crippen LogP contribution in [0.15, 0.2) is 54.8 Å². The number of ether oxygens (including phenoxy) is 2. The molecule has 0 spiro atoms. The molecule has 1 aromatic rings. The molecule has 2 fully saturated rings. The Morgan fingerprint density at radius 1 is 1.38 bits per heavy atom. The lowest BCUT2D eigenvalue weighted by Gasteiger charge is -2.41. The van der Waals surface area contributed by atoms with Gasteiger partial charge in [0.15, 0.2) is 0 Å². The number of hydrogen-bond donors (Lipinski definition) is 0. The van der Waals surface area contributed by atoms with Crippen molar-refractivity contribution in [1.29, 1.82) is 0 Å². The number of carbonyl (C=O) groups excluding carboxylic acids is 1. The van der Waals surface area contributed by atoms with Crippen LogP contribution in [0.2, 0.25) is 0 Å². The molecule has 4 heteroatoms. The molecule has 2 heterocycles. The molecule has 1 aromatic carbocycles. The van der Waals surface area contributed by atoms with Gasteiger partial charge in [-0.25, -0.2) is 4.79 Å². The summed E-state index contributed by atoms with van der Waals surface area (Å²) < 4.78 is 11.5. The monoisotopic (exact) mass is 327 g/mol. The molecule has 0 aliphatic carbocycles. The van der Waals surface area contributed by atoms with Gasteiger partial charge in [-0.2, -0.15) is 0 Å². The molecule has 0 N–H and O–H groups in total. The molecule has 0 radical (unpaired) electrons. The van der Waals surface area contributed by atoms with Crippen molar-refractivity contribution < 1.29 is 14.3 Å². The summed E-state index contributed by atoms with van der Waals surface area (Å²) >= 11 is 0. The standard InChI is InChI=1S/C20H25NO3/c1-3-4-10-18-16(15-21-13-14-23-19(21)22)11-12-20(2,24-18)17-8-6-5-7-9-17/h3,5-9,15,18H,1,4,10-14H2,2H3/b16-15-/t18-,20-/m0/s1. The van der Waals surface area contributed by atoms with Crippen molar-refractivity contribution in [2.75, 3.05) is 13.2 Å². The van der Waals surface area contributed by atoms with Crippen LogP contribution in [0.4, 0.5) is 4.79 Å². The second-order valence-electron chi connectivity index (χ2n) is 6.58. The van der Waals surface area contributed by atoms with E-state index in [-0.39, 0.29) is 17.8 Å². The largest absolute Gasteiger partial charge is 0.447 e. The smallest absolute Gasteiger partial charge is 0.413 e. The summed E-state index contributed by atoms with van der Waals surface area (Å²) in [6.45, 7) is 7.06. The maximum Gasteiger partial charge on any atom is 0.413 e. The van der Waals surface area contributed by atoms with E-state index < -0.39 is 0 Å². The van der Waals surface area contributed by atoms with E-state index in [1.807, 2.05) is 30.5 Å². The Bertz CT molecular complexity index is 625. The van der Waals surface area contributed by atoms with Crippen molar-refractivity contribution >= 4 is 6.09 Å². The van der Waals surface area contributed by atoms with Gasteiger partial charge in [-0.05, 0) is 43.7 Å². The fourth-order valence-electron chi connectivity index (χ4n) is 3.38. The SMILES string of the molecule is C=CCC[C@@H]1O[C@](C)(c2ccccc2)CC/C1=C/N1CCOC1=O. The van der Waals surface area contributed by atoms with E-state index in [0.717, 1.165) is 25.7 Å². The van der Waals surface area contributed by atoms with Gasteiger partial charge in [-0.3, -0.25) is 4.90 Å². The van der Waals surface area contributed by atoms with Gasteiger partial charge < -0.3 is 9.47 Å². The third-order valence-corrected chi connectivity index (χ3v) is 4.84. The first-order valence-electron chi connectivity index (χ1n) is 8.60.